The van der Waals surface area contributed by atoms with E-state index in [1.807, 2.05) is 31.6 Å². The van der Waals surface area contributed by atoms with E-state index in [4.69, 9.17) is 5.41 Å². The second-order valence-corrected chi connectivity index (χ2v) is 6.93. The van der Waals surface area contributed by atoms with Crippen molar-refractivity contribution in [3.05, 3.63) is 58.3 Å². The Morgan fingerprint density at radius 1 is 0.913 bits per heavy atom. The van der Waals surface area contributed by atoms with Crippen LogP contribution in [-0.2, 0) is 0 Å². The van der Waals surface area contributed by atoms with E-state index in [1.165, 1.54) is 16.5 Å². The van der Waals surface area contributed by atoms with Gasteiger partial charge in [-0.25, -0.2) is 0 Å². The monoisotopic (exact) mass is 323 g/mol. The van der Waals surface area contributed by atoms with E-state index in [0.29, 0.717) is 5.71 Å². The number of nitrogens with zero attached hydrogens (tertiary/aromatic N) is 2. The Hall–Kier alpha value is -2.33. The fourth-order valence-electron chi connectivity index (χ4n) is 2.93. The van der Waals surface area contributed by atoms with Crippen LogP contribution in [-0.4, -0.2) is 33.9 Å². The lowest BCUT2D eigenvalue weighted by Crippen LogP contribution is -2.17. The molecule has 0 saturated heterocycles. The van der Waals surface area contributed by atoms with Crippen molar-refractivity contribution in [2.24, 2.45) is 0 Å². The third-order valence-corrected chi connectivity index (χ3v) is 4.85. The van der Waals surface area contributed by atoms with Crippen LogP contribution >= 0.6 is 11.3 Å². The van der Waals surface area contributed by atoms with Gasteiger partial charge in [0, 0.05) is 44.8 Å². The van der Waals surface area contributed by atoms with Crippen LogP contribution in [0.3, 0.4) is 0 Å². The molecule has 0 spiro atoms. The van der Waals surface area contributed by atoms with Gasteiger partial charge in [0.1, 0.15) is 0 Å². The Labute approximate surface area is 141 Å². The summed E-state index contributed by atoms with van der Waals surface area (Å²) < 4.78 is 0. The number of anilines is 2. The van der Waals surface area contributed by atoms with Crippen molar-refractivity contribution in [2.75, 3.05) is 38.0 Å². The zero-order valence-corrected chi connectivity index (χ0v) is 14.7. The lowest BCUT2D eigenvalue weighted by atomic mass is 9.97. The van der Waals surface area contributed by atoms with Crippen LogP contribution in [0.25, 0.3) is 10.8 Å². The van der Waals surface area contributed by atoms with Crippen LogP contribution in [0.1, 0.15) is 10.4 Å². The summed E-state index contributed by atoms with van der Waals surface area (Å²) in [6, 6.07) is 14.5. The lowest BCUT2D eigenvalue weighted by molar-refractivity contribution is 1.12. The van der Waals surface area contributed by atoms with Gasteiger partial charge in [-0.3, -0.25) is 5.41 Å². The Morgan fingerprint density at radius 2 is 1.70 bits per heavy atom. The highest BCUT2D eigenvalue weighted by molar-refractivity contribution is 7.12. The van der Waals surface area contributed by atoms with Crippen LogP contribution < -0.4 is 9.80 Å². The van der Waals surface area contributed by atoms with Crippen molar-refractivity contribution in [2.45, 2.75) is 0 Å². The minimum atomic E-state index is 0.583. The molecular weight excluding hydrogens is 302 g/mol. The molecule has 118 valence electrons. The van der Waals surface area contributed by atoms with Crippen LogP contribution in [0.15, 0.2) is 47.8 Å². The van der Waals surface area contributed by atoms with Crippen LogP contribution in [0, 0.1) is 5.41 Å². The highest BCUT2D eigenvalue weighted by Crippen LogP contribution is 2.37. The van der Waals surface area contributed by atoms with Crippen LogP contribution in [0.5, 0.6) is 0 Å². The van der Waals surface area contributed by atoms with Crippen LogP contribution in [0.4, 0.5) is 11.4 Å². The quantitative estimate of drug-likeness (QED) is 0.719. The summed E-state index contributed by atoms with van der Waals surface area (Å²) in [5.74, 6) is 0. The minimum Gasteiger partial charge on any atom is -0.377 e. The van der Waals surface area contributed by atoms with Crippen molar-refractivity contribution in [1.29, 1.82) is 5.41 Å². The molecule has 1 heterocycles. The molecule has 0 saturated carbocycles. The smallest absolute Gasteiger partial charge is 0.0805 e. The molecule has 0 aliphatic carbocycles. The maximum atomic E-state index is 8.64. The average molecular weight is 323 g/mol. The zero-order chi connectivity index (χ0) is 16.6. The summed E-state index contributed by atoms with van der Waals surface area (Å²) in [5, 5.41) is 13.1. The maximum Gasteiger partial charge on any atom is 0.0805 e. The normalized spacial score (nSPS) is 10.8. The number of hydrogen-bond donors (Lipinski definition) is 1. The molecule has 0 aliphatic rings. The molecule has 4 heteroatoms. The molecule has 0 amide bonds. The Bertz CT molecular complexity index is 848. The fraction of sp³-hybridized carbons (Fsp3) is 0.211. The third-order valence-electron chi connectivity index (χ3n) is 3.96. The summed E-state index contributed by atoms with van der Waals surface area (Å²) >= 11 is 1.61. The number of nitrogens with one attached hydrogen (secondary N) is 1. The standard InChI is InChI=1S/C19H21N3S/c1-21(2)15-8-5-7-13-10-11-14(19(17(13)15)22(3)4)18(20)16-9-6-12-23-16/h5-12,20H,1-4H3. The summed E-state index contributed by atoms with van der Waals surface area (Å²) in [6.45, 7) is 0. The first-order valence-electron chi connectivity index (χ1n) is 7.54. The van der Waals surface area contributed by atoms with E-state index in [2.05, 4.69) is 54.2 Å². The predicted molar refractivity (Wildman–Crippen MR) is 103 cm³/mol. The van der Waals surface area contributed by atoms with Gasteiger partial charge < -0.3 is 9.80 Å². The molecule has 0 bridgehead atoms. The SMILES string of the molecule is CN(C)c1cccc2ccc(C(=N)c3cccs3)c(N(C)C)c12. The summed E-state index contributed by atoms with van der Waals surface area (Å²) in [5.41, 5.74) is 3.83. The van der Waals surface area contributed by atoms with Gasteiger partial charge in [0.25, 0.3) is 0 Å². The van der Waals surface area contributed by atoms with Gasteiger partial charge in [-0.15, -0.1) is 11.3 Å². The van der Waals surface area contributed by atoms with Gasteiger partial charge in [0.2, 0.25) is 0 Å². The van der Waals surface area contributed by atoms with Crippen molar-refractivity contribution >= 4 is 39.2 Å². The Kier molecular flexibility index (Phi) is 4.09. The number of fused-ring (bicyclic) bond motifs is 1. The average Bonchev–Trinajstić information content (AvgIpc) is 3.06. The van der Waals surface area contributed by atoms with Gasteiger partial charge in [0.15, 0.2) is 0 Å². The zero-order valence-electron chi connectivity index (χ0n) is 13.9. The minimum absolute atomic E-state index is 0.583. The first-order chi connectivity index (χ1) is 11.0. The van der Waals surface area contributed by atoms with Gasteiger partial charge in [-0.05, 0) is 22.9 Å². The summed E-state index contributed by atoms with van der Waals surface area (Å²) in [4.78, 5) is 5.25. The van der Waals surface area contributed by atoms with Crippen molar-refractivity contribution in [3.63, 3.8) is 0 Å². The molecular formula is C19H21N3S. The van der Waals surface area contributed by atoms with Crippen molar-refractivity contribution in [3.8, 4) is 0 Å². The third kappa shape index (κ3) is 2.70. The Morgan fingerprint density at radius 3 is 2.30 bits per heavy atom. The summed E-state index contributed by atoms with van der Waals surface area (Å²) in [7, 11) is 8.22. The molecule has 3 aromatic rings. The molecule has 1 aromatic heterocycles. The van der Waals surface area contributed by atoms with E-state index in [9.17, 15) is 0 Å². The second kappa shape index (κ2) is 6.05. The maximum absolute atomic E-state index is 8.64. The number of thiophene rings is 1. The number of rotatable bonds is 4. The van der Waals surface area contributed by atoms with Gasteiger partial charge in [-0.1, -0.05) is 30.3 Å². The first kappa shape index (κ1) is 15.6. The predicted octanol–water partition coefficient (Wildman–Crippen LogP) is 4.45. The van der Waals surface area contributed by atoms with Gasteiger partial charge in [-0.2, -0.15) is 0 Å². The molecule has 3 rings (SSSR count). The molecule has 23 heavy (non-hydrogen) atoms. The topological polar surface area (TPSA) is 30.3 Å². The molecule has 0 fully saturated rings. The van der Waals surface area contributed by atoms with E-state index in [1.54, 1.807) is 11.3 Å². The molecule has 3 nitrogen and oxygen atoms in total. The highest BCUT2D eigenvalue weighted by Gasteiger charge is 2.18. The highest BCUT2D eigenvalue weighted by atomic mass is 32.1. The van der Waals surface area contributed by atoms with E-state index >= 15 is 0 Å². The molecule has 0 aliphatic heterocycles. The number of hydrogen-bond acceptors (Lipinski definition) is 4. The second-order valence-electron chi connectivity index (χ2n) is 5.98. The molecule has 0 atom stereocenters. The van der Waals surface area contributed by atoms with Crippen LogP contribution in [0.2, 0.25) is 0 Å². The molecule has 0 radical (unpaired) electrons. The lowest BCUT2D eigenvalue weighted by Gasteiger charge is -2.24. The molecule has 0 unspecified atom stereocenters. The van der Waals surface area contributed by atoms with E-state index < -0.39 is 0 Å². The van der Waals surface area contributed by atoms with Gasteiger partial charge in [0.05, 0.1) is 16.3 Å². The van der Waals surface area contributed by atoms with Crippen molar-refractivity contribution < 1.29 is 0 Å². The molecule has 1 N–H and O–H groups in total. The van der Waals surface area contributed by atoms with Crippen molar-refractivity contribution in [1.82, 2.24) is 0 Å². The largest absolute Gasteiger partial charge is 0.377 e. The first-order valence-corrected chi connectivity index (χ1v) is 8.42. The van der Waals surface area contributed by atoms with E-state index in [0.717, 1.165) is 16.1 Å². The van der Waals surface area contributed by atoms with Gasteiger partial charge >= 0.3 is 0 Å². The molecule has 2 aromatic carbocycles. The number of benzene rings is 2. The Balaban J connectivity index is 2.33. The summed E-state index contributed by atoms with van der Waals surface area (Å²) in [6.07, 6.45) is 0. The fourth-order valence-corrected chi connectivity index (χ4v) is 3.62. The van der Waals surface area contributed by atoms with E-state index in [-0.39, 0.29) is 0 Å².